The van der Waals surface area contributed by atoms with Gasteiger partial charge >= 0.3 is 0 Å². The third-order valence-electron chi connectivity index (χ3n) is 3.07. The molecule has 0 spiro atoms. The van der Waals surface area contributed by atoms with Gasteiger partial charge in [0, 0.05) is 67.0 Å². The van der Waals surface area contributed by atoms with E-state index in [1.165, 1.54) is 34.5 Å². The van der Waals surface area contributed by atoms with Crippen LogP contribution in [0.5, 0.6) is 0 Å². The maximum atomic E-state index is 4.40. The van der Waals surface area contributed by atoms with E-state index in [0.717, 1.165) is 32.5 Å². The summed E-state index contributed by atoms with van der Waals surface area (Å²) < 4.78 is 0. The van der Waals surface area contributed by atoms with Gasteiger partial charge in [0.1, 0.15) is 0 Å². The van der Waals surface area contributed by atoms with Crippen LogP contribution in [0.3, 0.4) is 0 Å². The zero-order valence-electron chi connectivity index (χ0n) is 11.3. The Morgan fingerprint density at radius 2 is 1.00 bits per heavy atom. The fourth-order valence-electron chi connectivity index (χ4n) is 1.82. The normalized spacial score (nSPS) is 35.1. The number of rotatable bonds is 7. The van der Waals surface area contributed by atoms with Crippen molar-refractivity contribution in [3.8, 4) is 0 Å². The van der Waals surface area contributed by atoms with Gasteiger partial charge in [-0.05, 0) is 0 Å². The minimum Gasteiger partial charge on any atom is -0.178 e. The molecule has 2 fully saturated rings. The Labute approximate surface area is 159 Å². The third kappa shape index (κ3) is 7.14. The molecule has 0 aromatic carbocycles. The molecule has 2 heterocycles. The number of hydrogen-bond donors (Lipinski definition) is 2. The van der Waals surface area contributed by atoms with E-state index >= 15 is 0 Å². The summed E-state index contributed by atoms with van der Waals surface area (Å²) in [5.41, 5.74) is 0. The highest BCUT2D eigenvalue weighted by molar-refractivity contribution is 8.76. The molecule has 0 bridgehead atoms. The number of hydrogen-bond acceptors (Lipinski definition) is 8. The van der Waals surface area contributed by atoms with E-state index in [-0.39, 0.29) is 0 Å². The highest BCUT2D eigenvalue weighted by Gasteiger charge is 2.23. The fourth-order valence-corrected chi connectivity index (χ4v) is 12.5. The van der Waals surface area contributed by atoms with Gasteiger partial charge in [0.2, 0.25) is 0 Å². The van der Waals surface area contributed by atoms with Crippen molar-refractivity contribution in [2.24, 2.45) is 0 Å². The first-order valence-electron chi connectivity index (χ1n) is 6.74. The molecule has 20 heavy (non-hydrogen) atoms. The van der Waals surface area contributed by atoms with Crippen molar-refractivity contribution >= 4 is 93.9 Å². The molecule has 0 saturated carbocycles. The molecule has 0 aromatic rings. The van der Waals surface area contributed by atoms with Gasteiger partial charge in [0.25, 0.3) is 0 Å². The molecule has 0 nitrogen and oxygen atoms in total. The lowest BCUT2D eigenvalue weighted by atomic mass is 10.5. The van der Waals surface area contributed by atoms with Crippen LogP contribution in [0.1, 0.15) is 0 Å². The summed E-state index contributed by atoms with van der Waals surface area (Å²) in [6, 6.07) is 0. The van der Waals surface area contributed by atoms with Gasteiger partial charge in [0.05, 0.1) is 0 Å². The van der Waals surface area contributed by atoms with Crippen LogP contribution in [0.15, 0.2) is 0 Å². The van der Waals surface area contributed by atoms with Crippen molar-refractivity contribution in [1.29, 1.82) is 0 Å². The van der Waals surface area contributed by atoms with E-state index in [1.54, 1.807) is 0 Å². The molecule has 0 aromatic heterocycles. The molecule has 2 saturated heterocycles. The smallest absolute Gasteiger partial charge is 0.0237 e. The Bertz CT molecular complexity index is 222. The van der Waals surface area contributed by atoms with Crippen LogP contribution in [-0.4, -0.2) is 67.0 Å². The van der Waals surface area contributed by atoms with Crippen LogP contribution in [0.4, 0.5) is 0 Å². The molecule has 0 amide bonds. The Balaban J connectivity index is 1.48. The Morgan fingerprint density at radius 3 is 1.30 bits per heavy atom. The molecular weight excluding hydrogens is 401 g/mol. The van der Waals surface area contributed by atoms with E-state index in [1.807, 2.05) is 0 Å². The monoisotopic (exact) mass is 422 g/mol. The molecule has 118 valence electrons. The summed E-state index contributed by atoms with van der Waals surface area (Å²) in [5, 5.41) is 3.28. The molecular formula is C12H22S8. The van der Waals surface area contributed by atoms with Gasteiger partial charge in [0.15, 0.2) is 0 Å². The lowest BCUT2D eigenvalue weighted by Gasteiger charge is -2.27. The first-order chi connectivity index (χ1) is 9.81. The lowest BCUT2D eigenvalue weighted by molar-refractivity contribution is 1.06. The second kappa shape index (κ2) is 11.4. The van der Waals surface area contributed by atoms with Gasteiger partial charge in [-0.2, -0.15) is 72.3 Å². The van der Waals surface area contributed by atoms with Crippen molar-refractivity contribution in [2.45, 2.75) is 21.0 Å². The summed E-state index contributed by atoms with van der Waals surface area (Å²) in [4.78, 5) is 0. The average Bonchev–Trinajstić information content (AvgIpc) is 2.53. The van der Waals surface area contributed by atoms with Crippen LogP contribution in [0, 0.1) is 0 Å². The van der Waals surface area contributed by atoms with Gasteiger partial charge < -0.3 is 0 Å². The summed E-state index contributed by atoms with van der Waals surface area (Å²) in [6.07, 6.45) is 0. The molecule has 2 rings (SSSR count). The van der Waals surface area contributed by atoms with Crippen LogP contribution in [-0.2, 0) is 0 Å². The predicted molar refractivity (Wildman–Crippen MR) is 118 cm³/mol. The van der Waals surface area contributed by atoms with E-state index in [2.05, 4.69) is 93.9 Å². The van der Waals surface area contributed by atoms with Gasteiger partial charge in [-0.3, -0.25) is 0 Å². The summed E-state index contributed by atoms with van der Waals surface area (Å²) in [6.45, 7) is 0. The highest BCUT2D eigenvalue weighted by Crippen LogP contribution is 2.37. The minimum atomic E-state index is 0.785. The number of thioether (sulfide) groups is 4. The van der Waals surface area contributed by atoms with Crippen molar-refractivity contribution < 1.29 is 0 Å². The standard InChI is InChI=1S/C12H22S8/c13-1-9-3-17-11(5-15-9)7-19-20-8-12-6-16-10(2-14)4-18-12/h9-14H,1-8H2. The average molecular weight is 423 g/mol. The van der Waals surface area contributed by atoms with Gasteiger partial charge in [-0.15, -0.1) is 0 Å². The first-order valence-corrected chi connectivity index (χ1v) is 14.7. The topological polar surface area (TPSA) is 0 Å². The summed E-state index contributed by atoms with van der Waals surface area (Å²) >= 11 is 17.4. The van der Waals surface area contributed by atoms with Crippen LogP contribution >= 0.6 is 93.9 Å². The van der Waals surface area contributed by atoms with Gasteiger partial charge in [-0.1, -0.05) is 21.6 Å². The predicted octanol–water partition coefficient (Wildman–Crippen LogP) is 4.66. The van der Waals surface area contributed by atoms with E-state index < -0.39 is 0 Å². The maximum absolute atomic E-state index is 4.40. The third-order valence-corrected chi connectivity index (χ3v) is 13.9. The Hall–Kier alpha value is 2.80. The second-order valence-electron chi connectivity index (χ2n) is 4.76. The minimum absolute atomic E-state index is 0.785. The zero-order valence-corrected chi connectivity index (χ0v) is 18.0. The van der Waals surface area contributed by atoms with Crippen molar-refractivity contribution in [3.63, 3.8) is 0 Å². The Morgan fingerprint density at radius 1 is 0.650 bits per heavy atom. The molecule has 4 unspecified atom stereocenters. The SMILES string of the molecule is SCC1CSC(CSSCC2CSC(CS)CS2)CS1. The molecule has 2 aliphatic rings. The van der Waals surface area contributed by atoms with Crippen LogP contribution in [0.2, 0.25) is 0 Å². The lowest BCUT2D eigenvalue weighted by Crippen LogP contribution is -2.24. The van der Waals surface area contributed by atoms with Crippen LogP contribution in [0.25, 0.3) is 0 Å². The maximum Gasteiger partial charge on any atom is 0.0237 e. The van der Waals surface area contributed by atoms with E-state index in [9.17, 15) is 0 Å². The van der Waals surface area contributed by atoms with Crippen molar-refractivity contribution in [3.05, 3.63) is 0 Å². The molecule has 4 atom stereocenters. The zero-order chi connectivity index (χ0) is 14.2. The molecule has 0 aliphatic carbocycles. The molecule has 0 N–H and O–H groups in total. The fraction of sp³-hybridized carbons (Fsp3) is 1.00. The van der Waals surface area contributed by atoms with Crippen molar-refractivity contribution in [1.82, 2.24) is 0 Å². The Kier molecular flexibility index (Phi) is 10.9. The van der Waals surface area contributed by atoms with E-state index in [4.69, 9.17) is 0 Å². The second-order valence-corrected chi connectivity index (χ2v) is 13.4. The molecule has 0 radical (unpaired) electrons. The summed E-state index contributed by atoms with van der Waals surface area (Å²) in [7, 11) is 4.19. The van der Waals surface area contributed by atoms with Gasteiger partial charge in [-0.25, -0.2) is 0 Å². The van der Waals surface area contributed by atoms with Crippen LogP contribution < -0.4 is 0 Å². The van der Waals surface area contributed by atoms with Crippen molar-refractivity contribution in [2.75, 3.05) is 46.0 Å². The molecule has 8 heteroatoms. The largest absolute Gasteiger partial charge is 0.178 e. The van der Waals surface area contributed by atoms with E-state index in [0.29, 0.717) is 0 Å². The first kappa shape index (κ1) is 19.1. The quantitative estimate of drug-likeness (QED) is 0.345. The summed E-state index contributed by atoms with van der Waals surface area (Å²) in [5.74, 6) is 9.93. The molecule has 2 aliphatic heterocycles. The highest BCUT2D eigenvalue weighted by atomic mass is 33.1. The number of thiol groups is 2.